The quantitative estimate of drug-likeness (QED) is 0.572. The molecule has 4 aromatic rings. The maximum atomic E-state index is 13.1. The molecule has 0 fully saturated rings. The second-order valence-electron chi connectivity index (χ2n) is 8.18. The third kappa shape index (κ3) is 3.55. The average Bonchev–Trinajstić information content (AvgIpc) is 3.14. The van der Waals surface area contributed by atoms with Gasteiger partial charge in [0.15, 0.2) is 0 Å². The number of aryl methyl sites for hydroxylation is 2. The van der Waals surface area contributed by atoms with E-state index in [4.69, 9.17) is 0 Å². The van der Waals surface area contributed by atoms with E-state index in [2.05, 4.69) is 75.4 Å². The summed E-state index contributed by atoms with van der Waals surface area (Å²) in [7, 11) is 0. The molecule has 6 nitrogen and oxygen atoms in total. The van der Waals surface area contributed by atoms with Crippen molar-refractivity contribution in [3.8, 4) is 0 Å². The summed E-state index contributed by atoms with van der Waals surface area (Å²) in [6.07, 6.45) is 1.60. The highest BCUT2D eigenvalue weighted by Crippen LogP contribution is 2.19. The average molecular weight is 399 g/mol. The number of hydrogen-bond acceptors (Lipinski definition) is 4. The molecule has 30 heavy (non-hydrogen) atoms. The molecule has 1 aliphatic rings. The van der Waals surface area contributed by atoms with E-state index in [0.29, 0.717) is 24.3 Å². The van der Waals surface area contributed by atoms with E-state index in [1.807, 2.05) is 6.92 Å². The van der Waals surface area contributed by atoms with Crippen LogP contribution in [0.5, 0.6) is 0 Å². The van der Waals surface area contributed by atoms with Gasteiger partial charge in [-0.05, 0) is 37.0 Å². The molecule has 5 rings (SSSR count). The lowest BCUT2D eigenvalue weighted by Gasteiger charge is -2.27. The third-order valence-electron chi connectivity index (χ3n) is 5.93. The molecule has 6 heteroatoms. The van der Waals surface area contributed by atoms with Gasteiger partial charge in [-0.3, -0.25) is 14.8 Å². The van der Waals surface area contributed by atoms with E-state index >= 15 is 0 Å². The molecule has 1 N–H and O–H groups in total. The summed E-state index contributed by atoms with van der Waals surface area (Å²) in [6.45, 7) is 6.50. The Labute approximate surface area is 175 Å². The van der Waals surface area contributed by atoms with Gasteiger partial charge in [0.05, 0.1) is 12.2 Å². The van der Waals surface area contributed by atoms with Crippen LogP contribution in [-0.4, -0.2) is 31.0 Å². The number of fused-ring (bicyclic) bond motifs is 2. The third-order valence-corrected chi connectivity index (χ3v) is 5.93. The normalized spacial score (nSPS) is 14.2. The lowest BCUT2D eigenvalue weighted by Crippen LogP contribution is -2.30. The molecule has 152 valence electrons. The van der Waals surface area contributed by atoms with E-state index < -0.39 is 0 Å². The second kappa shape index (κ2) is 7.54. The minimum Gasteiger partial charge on any atom is -0.291 e. The summed E-state index contributed by atoms with van der Waals surface area (Å²) in [5.74, 6) is 1.21. The number of aromatic nitrogens is 4. The number of hydrogen-bond donors (Lipinski definition) is 1. The van der Waals surface area contributed by atoms with Crippen LogP contribution < -0.4 is 5.56 Å². The lowest BCUT2D eigenvalue weighted by molar-refractivity contribution is 0.239. The molecule has 2 aromatic heterocycles. The molecular weight excluding hydrogens is 374 g/mol. The Morgan fingerprint density at radius 1 is 1.00 bits per heavy atom. The molecule has 2 aromatic carbocycles. The zero-order valence-corrected chi connectivity index (χ0v) is 17.4. The Balaban J connectivity index is 1.41. The van der Waals surface area contributed by atoms with Gasteiger partial charge in [0.1, 0.15) is 5.82 Å². The lowest BCUT2D eigenvalue weighted by atomic mass is 10.00. The predicted molar refractivity (Wildman–Crippen MR) is 117 cm³/mol. The van der Waals surface area contributed by atoms with E-state index in [0.717, 1.165) is 36.6 Å². The van der Waals surface area contributed by atoms with Crippen LogP contribution in [0.25, 0.3) is 5.78 Å². The van der Waals surface area contributed by atoms with E-state index in [1.165, 1.54) is 21.2 Å². The summed E-state index contributed by atoms with van der Waals surface area (Å²) in [4.78, 5) is 24.7. The Morgan fingerprint density at radius 2 is 1.77 bits per heavy atom. The molecule has 0 saturated carbocycles. The molecular formula is C24H25N5O. The SMILES string of the molecule is Cc1ccc(Cc2c(C)nc3nc(CN4CCc5ccccc5C4)[nH]n3c2=O)cc1. The van der Waals surface area contributed by atoms with Crippen LogP contribution >= 0.6 is 0 Å². The summed E-state index contributed by atoms with van der Waals surface area (Å²) in [6, 6.07) is 16.8. The van der Waals surface area contributed by atoms with E-state index in [9.17, 15) is 4.79 Å². The minimum atomic E-state index is -0.0687. The Bertz CT molecular complexity index is 1270. The first-order valence-corrected chi connectivity index (χ1v) is 10.4. The minimum absolute atomic E-state index is 0.0687. The maximum absolute atomic E-state index is 13.1. The Kier molecular flexibility index (Phi) is 4.71. The van der Waals surface area contributed by atoms with Gasteiger partial charge < -0.3 is 0 Å². The largest absolute Gasteiger partial charge is 0.291 e. The van der Waals surface area contributed by atoms with Gasteiger partial charge in [-0.25, -0.2) is 4.98 Å². The van der Waals surface area contributed by atoms with Crippen molar-refractivity contribution in [3.63, 3.8) is 0 Å². The highest BCUT2D eigenvalue weighted by Gasteiger charge is 2.19. The van der Waals surface area contributed by atoms with Gasteiger partial charge in [-0.2, -0.15) is 9.50 Å². The first kappa shape index (κ1) is 18.8. The number of nitrogens with one attached hydrogen (secondary N) is 1. The van der Waals surface area contributed by atoms with Crippen molar-refractivity contribution in [2.24, 2.45) is 0 Å². The first-order valence-electron chi connectivity index (χ1n) is 10.4. The summed E-state index contributed by atoms with van der Waals surface area (Å²) >= 11 is 0. The number of rotatable bonds is 4. The van der Waals surface area contributed by atoms with Crippen molar-refractivity contribution in [2.75, 3.05) is 6.54 Å². The van der Waals surface area contributed by atoms with E-state index in [1.54, 1.807) is 0 Å². The fourth-order valence-corrected chi connectivity index (χ4v) is 4.18. The van der Waals surface area contributed by atoms with Gasteiger partial charge in [0.2, 0.25) is 0 Å². The van der Waals surface area contributed by atoms with E-state index in [-0.39, 0.29) is 5.56 Å². The van der Waals surface area contributed by atoms with Crippen molar-refractivity contribution in [3.05, 3.63) is 98.2 Å². The molecule has 0 aliphatic carbocycles. The molecule has 0 amide bonds. The van der Waals surface area contributed by atoms with Crippen LogP contribution in [-0.2, 0) is 25.9 Å². The van der Waals surface area contributed by atoms with Crippen LogP contribution in [0.1, 0.15) is 39.3 Å². The highest BCUT2D eigenvalue weighted by atomic mass is 16.1. The number of aromatic amines is 1. The Morgan fingerprint density at radius 3 is 2.57 bits per heavy atom. The van der Waals surface area contributed by atoms with Crippen LogP contribution in [0.15, 0.2) is 53.3 Å². The smallest absolute Gasteiger partial charge is 0.277 e. The molecule has 0 saturated heterocycles. The maximum Gasteiger partial charge on any atom is 0.277 e. The van der Waals surface area contributed by atoms with Crippen LogP contribution in [0.3, 0.4) is 0 Å². The number of benzene rings is 2. The zero-order valence-electron chi connectivity index (χ0n) is 17.4. The summed E-state index contributed by atoms with van der Waals surface area (Å²) in [5.41, 5.74) is 6.48. The fraction of sp³-hybridized carbons (Fsp3) is 0.292. The van der Waals surface area contributed by atoms with Gasteiger partial charge in [0.25, 0.3) is 11.3 Å². The fourth-order valence-electron chi connectivity index (χ4n) is 4.18. The molecule has 1 aliphatic heterocycles. The van der Waals surface area contributed by atoms with Crippen molar-refractivity contribution in [1.29, 1.82) is 0 Å². The summed E-state index contributed by atoms with van der Waals surface area (Å²) in [5, 5.41) is 3.19. The van der Waals surface area contributed by atoms with Crippen LogP contribution in [0, 0.1) is 13.8 Å². The standard InChI is InChI=1S/C24H25N5O/c1-16-7-9-18(10-8-16)13-21-17(2)25-24-26-22(27-29(24)23(21)30)15-28-12-11-19-5-3-4-6-20(19)14-28/h3-10H,11-15H2,1-2H3,(H,25,26,27). The molecule has 0 atom stereocenters. The van der Waals surface area contributed by atoms with Gasteiger partial charge >= 0.3 is 0 Å². The molecule has 3 heterocycles. The van der Waals surface area contributed by atoms with Crippen LogP contribution in [0.4, 0.5) is 0 Å². The van der Waals surface area contributed by atoms with Crippen molar-refractivity contribution in [2.45, 2.75) is 39.8 Å². The topological polar surface area (TPSA) is 66.3 Å². The highest BCUT2D eigenvalue weighted by molar-refractivity contribution is 5.35. The summed E-state index contributed by atoms with van der Waals surface area (Å²) < 4.78 is 1.49. The molecule has 0 unspecified atom stereocenters. The monoisotopic (exact) mass is 399 g/mol. The van der Waals surface area contributed by atoms with Gasteiger partial charge in [0, 0.05) is 25.1 Å². The Hall–Kier alpha value is -3.25. The predicted octanol–water partition coefficient (Wildman–Crippen LogP) is 3.18. The first-order chi connectivity index (χ1) is 14.6. The second-order valence-corrected chi connectivity index (χ2v) is 8.18. The zero-order chi connectivity index (χ0) is 20.7. The molecule has 0 radical (unpaired) electrons. The van der Waals surface area contributed by atoms with Crippen molar-refractivity contribution in [1.82, 2.24) is 24.5 Å². The van der Waals surface area contributed by atoms with Gasteiger partial charge in [-0.15, -0.1) is 0 Å². The van der Waals surface area contributed by atoms with Crippen molar-refractivity contribution >= 4 is 5.78 Å². The number of H-pyrrole nitrogens is 1. The molecule has 0 spiro atoms. The van der Waals surface area contributed by atoms with Crippen LogP contribution in [0.2, 0.25) is 0 Å². The van der Waals surface area contributed by atoms with Crippen molar-refractivity contribution < 1.29 is 0 Å². The van der Waals surface area contributed by atoms with Gasteiger partial charge in [-0.1, -0.05) is 54.1 Å². The molecule has 0 bridgehead atoms. The number of nitrogens with zero attached hydrogens (tertiary/aromatic N) is 4.